The number of nitrogens with one attached hydrogen (secondary N) is 2. The third-order valence-corrected chi connectivity index (χ3v) is 5.37. The van der Waals surface area contributed by atoms with E-state index in [9.17, 15) is 18.0 Å². The van der Waals surface area contributed by atoms with E-state index in [0.717, 1.165) is 21.4 Å². The number of hydrogen-bond donors (Lipinski definition) is 2. The fourth-order valence-corrected chi connectivity index (χ4v) is 3.77. The van der Waals surface area contributed by atoms with Crippen LogP contribution in [-0.4, -0.2) is 20.7 Å². The van der Waals surface area contributed by atoms with Gasteiger partial charge in [-0.2, -0.15) is 18.2 Å². The van der Waals surface area contributed by atoms with Crippen molar-refractivity contribution in [3.8, 4) is 0 Å². The number of aromatic nitrogens is 3. The average molecular weight is 441 g/mol. The molecule has 2 aromatic carbocycles. The van der Waals surface area contributed by atoms with Gasteiger partial charge in [-0.15, -0.1) is 5.10 Å². The first-order valence-electron chi connectivity index (χ1n) is 10.0. The summed E-state index contributed by atoms with van der Waals surface area (Å²) in [5.41, 5.74) is 4.85. The van der Waals surface area contributed by atoms with Gasteiger partial charge in [0.1, 0.15) is 6.04 Å². The number of nitrogens with zero attached hydrogens (tertiary/aromatic N) is 3. The summed E-state index contributed by atoms with van der Waals surface area (Å²) in [6, 6.07) is 12.0. The Bertz CT molecular complexity index is 1230. The van der Waals surface area contributed by atoms with E-state index in [1.807, 2.05) is 45.0 Å². The molecule has 166 valence electrons. The molecule has 2 N–H and O–H groups in total. The first kappa shape index (κ1) is 21.6. The van der Waals surface area contributed by atoms with Gasteiger partial charge in [0, 0.05) is 11.4 Å². The first-order chi connectivity index (χ1) is 15.0. The largest absolute Gasteiger partial charge is 0.453 e. The van der Waals surface area contributed by atoms with Crippen LogP contribution in [0.5, 0.6) is 0 Å². The van der Waals surface area contributed by atoms with Crippen molar-refractivity contribution in [2.45, 2.75) is 39.9 Å². The molecule has 1 atom stereocenters. The zero-order chi connectivity index (χ0) is 23.2. The number of carbonyl (C=O) groups excluding carboxylic acids is 1. The van der Waals surface area contributed by atoms with Gasteiger partial charge in [0.25, 0.3) is 11.7 Å². The molecule has 0 saturated carbocycles. The molecule has 0 bridgehead atoms. The summed E-state index contributed by atoms with van der Waals surface area (Å²) in [6.45, 7) is 7.38. The van der Waals surface area contributed by atoms with E-state index >= 15 is 0 Å². The molecule has 0 radical (unpaired) electrons. The molecule has 4 rings (SSSR count). The van der Waals surface area contributed by atoms with E-state index in [1.165, 1.54) is 0 Å². The van der Waals surface area contributed by atoms with Gasteiger partial charge in [0.05, 0.1) is 5.57 Å². The van der Waals surface area contributed by atoms with E-state index in [1.54, 1.807) is 25.1 Å². The summed E-state index contributed by atoms with van der Waals surface area (Å²) in [5.74, 6) is -1.76. The van der Waals surface area contributed by atoms with Gasteiger partial charge >= 0.3 is 6.18 Å². The summed E-state index contributed by atoms with van der Waals surface area (Å²) < 4.78 is 41.1. The van der Waals surface area contributed by atoms with Crippen molar-refractivity contribution in [2.24, 2.45) is 0 Å². The highest BCUT2D eigenvalue weighted by molar-refractivity contribution is 6.06. The molecule has 2 heterocycles. The minimum absolute atomic E-state index is 0.0662. The van der Waals surface area contributed by atoms with Gasteiger partial charge in [-0.25, -0.2) is 4.68 Å². The molecule has 1 aromatic heterocycles. The molecule has 0 spiro atoms. The van der Waals surface area contributed by atoms with E-state index in [2.05, 4.69) is 20.7 Å². The van der Waals surface area contributed by atoms with Crippen LogP contribution < -0.4 is 10.6 Å². The van der Waals surface area contributed by atoms with Crippen molar-refractivity contribution in [1.29, 1.82) is 0 Å². The Morgan fingerprint density at radius 2 is 1.69 bits per heavy atom. The lowest BCUT2D eigenvalue weighted by atomic mass is 9.94. The van der Waals surface area contributed by atoms with Gasteiger partial charge in [-0.1, -0.05) is 47.5 Å². The summed E-state index contributed by atoms with van der Waals surface area (Å²) >= 11 is 0. The highest BCUT2D eigenvalue weighted by Gasteiger charge is 2.41. The van der Waals surface area contributed by atoms with Crippen molar-refractivity contribution >= 4 is 17.5 Å². The Balaban J connectivity index is 1.81. The summed E-state index contributed by atoms with van der Waals surface area (Å²) in [7, 11) is 0. The van der Waals surface area contributed by atoms with Gasteiger partial charge in [0.15, 0.2) is 0 Å². The Morgan fingerprint density at radius 1 is 1.03 bits per heavy atom. The topological polar surface area (TPSA) is 71.8 Å². The highest BCUT2D eigenvalue weighted by atomic mass is 19.4. The zero-order valence-corrected chi connectivity index (χ0v) is 18.0. The number of carbonyl (C=O) groups is 1. The molecule has 1 aliphatic heterocycles. The van der Waals surface area contributed by atoms with Crippen LogP contribution in [0, 0.1) is 20.8 Å². The van der Waals surface area contributed by atoms with Crippen LogP contribution in [-0.2, 0) is 11.0 Å². The molecular weight excluding hydrogens is 419 g/mol. The van der Waals surface area contributed by atoms with Crippen LogP contribution in [0.2, 0.25) is 0 Å². The maximum Gasteiger partial charge on any atom is 0.453 e. The molecule has 6 nitrogen and oxygen atoms in total. The predicted molar refractivity (Wildman–Crippen MR) is 115 cm³/mol. The molecule has 0 unspecified atom stereocenters. The predicted octanol–water partition coefficient (Wildman–Crippen LogP) is 5.15. The molecule has 9 heteroatoms. The van der Waals surface area contributed by atoms with Crippen LogP contribution in [0.3, 0.4) is 0 Å². The number of allylic oxidation sites excluding steroid dienone is 1. The number of benzene rings is 2. The molecule has 32 heavy (non-hydrogen) atoms. The summed E-state index contributed by atoms with van der Waals surface area (Å²) in [4.78, 5) is 17.0. The maximum atomic E-state index is 13.4. The Labute approximate surface area is 183 Å². The SMILES string of the molecule is CC1=C(C(=O)Nc2ccc(C)cc2C)[C@H](c2ccc(C)cc2)n2nc(C(F)(F)F)nc2N1. The number of halogens is 3. The van der Waals surface area contributed by atoms with Crippen LogP contribution in [0.1, 0.15) is 41.0 Å². The fourth-order valence-electron chi connectivity index (χ4n) is 3.77. The van der Waals surface area contributed by atoms with Gasteiger partial charge < -0.3 is 10.6 Å². The number of amides is 1. The van der Waals surface area contributed by atoms with Crippen LogP contribution in [0.25, 0.3) is 0 Å². The molecule has 0 fully saturated rings. The number of fused-ring (bicyclic) bond motifs is 1. The Morgan fingerprint density at radius 3 is 2.31 bits per heavy atom. The normalized spacial score (nSPS) is 15.9. The van der Waals surface area contributed by atoms with E-state index in [0.29, 0.717) is 16.9 Å². The third-order valence-electron chi connectivity index (χ3n) is 5.37. The summed E-state index contributed by atoms with van der Waals surface area (Å²) in [5, 5.41) is 9.42. The smallest absolute Gasteiger partial charge is 0.328 e. The average Bonchev–Trinajstić information content (AvgIpc) is 3.14. The minimum Gasteiger partial charge on any atom is -0.328 e. The monoisotopic (exact) mass is 441 g/mol. The van der Waals surface area contributed by atoms with Gasteiger partial charge in [-0.3, -0.25) is 4.79 Å². The first-order valence-corrected chi connectivity index (χ1v) is 10.0. The van der Waals surface area contributed by atoms with Crippen molar-refractivity contribution in [3.05, 3.63) is 81.8 Å². The standard InChI is InChI=1S/C23H22F3N5O/c1-12-5-8-16(9-6-12)19-18(20(32)28-17-10-7-13(2)11-14(17)3)15(4)27-22-29-21(23(24,25)26)30-31(19)22/h5-11,19H,1-4H3,(H,28,32)(H,27,29,30)/t19-/m0/s1. The van der Waals surface area contributed by atoms with Gasteiger partial charge in [0.2, 0.25) is 5.95 Å². The molecule has 1 amide bonds. The van der Waals surface area contributed by atoms with Crippen LogP contribution in [0.15, 0.2) is 53.7 Å². The van der Waals surface area contributed by atoms with Crippen LogP contribution in [0.4, 0.5) is 24.8 Å². The van der Waals surface area contributed by atoms with Crippen molar-refractivity contribution in [1.82, 2.24) is 14.8 Å². The number of rotatable bonds is 3. The second kappa shape index (κ2) is 7.81. The lowest BCUT2D eigenvalue weighted by Crippen LogP contribution is -2.31. The minimum atomic E-state index is -4.71. The lowest BCUT2D eigenvalue weighted by Gasteiger charge is -2.29. The molecule has 1 aliphatic rings. The van der Waals surface area contributed by atoms with Crippen molar-refractivity contribution in [3.63, 3.8) is 0 Å². The molecule has 3 aromatic rings. The summed E-state index contributed by atoms with van der Waals surface area (Å²) in [6.07, 6.45) is -4.71. The van der Waals surface area contributed by atoms with Crippen molar-refractivity contribution in [2.75, 3.05) is 10.6 Å². The molecular formula is C23H22F3N5O. The number of anilines is 2. The van der Waals surface area contributed by atoms with Gasteiger partial charge in [-0.05, 0) is 44.9 Å². The highest BCUT2D eigenvalue weighted by Crippen LogP contribution is 2.38. The second-order valence-corrected chi connectivity index (χ2v) is 7.95. The second-order valence-electron chi connectivity index (χ2n) is 7.95. The Kier molecular flexibility index (Phi) is 5.28. The lowest BCUT2D eigenvalue weighted by molar-refractivity contribution is -0.145. The van der Waals surface area contributed by atoms with E-state index < -0.39 is 23.9 Å². The van der Waals surface area contributed by atoms with E-state index in [4.69, 9.17) is 0 Å². The van der Waals surface area contributed by atoms with Crippen LogP contribution >= 0.6 is 0 Å². The molecule has 0 aliphatic carbocycles. The molecule has 0 saturated heterocycles. The zero-order valence-electron chi connectivity index (χ0n) is 18.0. The Hall–Kier alpha value is -3.62. The number of aryl methyl sites for hydroxylation is 3. The quantitative estimate of drug-likeness (QED) is 0.590. The fraction of sp³-hybridized carbons (Fsp3) is 0.261. The third kappa shape index (κ3) is 3.98. The van der Waals surface area contributed by atoms with Crippen molar-refractivity contribution < 1.29 is 18.0 Å². The maximum absolute atomic E-state index is 13.4. The number of alkyl halides is 3. The number of hydrogen-bond acceptors (Lipinski definition) is 4. The van der Waals surface area contributed by atoms with E-state index in [-0.39, 0.29) is 11.5 Å².